The van der Waals surface area contributed by atoms with Crippen LogP contribution in [0.4, 0.5) is 34.1 Å². The summed E-state index contributed by atoms with van der Waals surface area (Å²) in [7, 11) is 0. The molecule has 0 N–H and O–H groups in total. The Labute approximate surface area is 326 Å². The van der Waals surface area contributed by atoms with Gasteiger partial charge in [-0.1, -0.05) is 97.1 Å². The van der Waals surface area contributed by atoms with Crippen molar-refractivity contribution in [1.82, 2.24) is 0 Å². The zero-order valence-electron chi connectivity index (χ0n) is 30.6. The summed E-state index contributed by atoms with van der Waals surface area (Å²) in [6, 6.07) is 67.8. The Morgan fingerprint density at radius 3 is 1.35 bits per heavy atom. The fourth-order valence-corrected chi connectivity index (χ4v) is 8.60. The maximum atomic E-state index is 6.92. The molecule has 3 aromatic heterocycles. The number of benzene rings is 9. The third-order valence-electron chi connectivity index (χ3n) is 11.2. The largest absolute Gasteiger partial charge is 0.456 e. The lowest BCUT2D eigenvalue weighted by Crippen LogP contribution is -2.13. The molecule has 0 fully saturated rings. The molecular weight excluding hydrogens is 701 g/mol. The Morgan fingerprint density at radius 1 is 0.263 bits per heavy atom. The molecule has 268 valence electrons. The summed E-state index contributed by atoms with van der Waals surface area (Å²) in [5.74, 6) is 0. The Balaban J connectivity index is 1.16. The Morgan fingerprint density at radius 2 is 0.719 bits per heavy atom. The van der Waals surface area contributed by atoms with E-state index >= 15 is 0 Å². The summed E-state index contributed by atoms with van der Waals surface area (Å²) < 4.78 is 19.8. The fraction of sp³-hybridized carbons (Fsp3) is 0. The van der Waals surface area contributed by atoms with Gasteiger partial charge in [-0.25, -0.2) is 0 Å². The van der Waals surface area contributed by atoms with Crippen LogP contribution in [-0.4, -0.2) is 0 Å². The zero-order chi connectivity index (χ0) is 37.5. The molecule has 0 saturated carbocycles. The number of hydrogen-bond acceptors (Lipinski definition) is 5. The van der Waals surface area contributed by atoms with Gasteiger partial charge >= 0.3 is 0 Å². The normalized spacial score (nSPS) is 11.9. The molecule has 5 nitrogen and oxygen atoms in total. The van der Waals surface area contributed by atoms with E-state index in [0.717, 1.165) is 111 Å². The molecule has 57 heavy (non-hydrogen) atoms. The second kappa shape index (κ2) is 12.4. The highest BCUT2D eigenvalue weighted by Gasteiger charge is 2.25. The van der Waals surface area contributed by atoms with Crippen LogP contribution in [0.5, 0.6) is 0 Å². The number of para-hydroxylation sites is 4. The van der Waals surface area contributed by atoms with Crippen LogP contribution >= 0.6 is 0 Å². The minimum atomic E-state index is 0.782. The highest BCUT2D eigenvalue weighted by Crippen LogP contribution is 2.49. The number of rotatable bonds is 6. The number of fused-ring (bicyclic) bond motifs is 10. The van der Waals surface area contributed by atoms with Crippen molar-refractivity contribution in [2.24, 2.45) is 0 Å². The molecular formula is C52H32N2O3. The van der Waals surface area contributed by atoms with Gasteiger partial charge < -0.3 is 23.1 Å². The van der Waals surface area contributed by atoms with Crippen LogP contribution in [-0.2, 0) is 0 Å². The molecule has 5 heteroatoms. The first-order chi connectivity index (χ1) is 28.2. The predicted molar refractivity (Wildman–Crippen MR) is 235 cm³/mol. The molecule has 9 aromatic carbocycles. The molecule has 0 aliphatic carbocycles. The minimum Gasteiger partial charge on any atom is -0.456 e. The molecule has 0 unspecified atom stereocenters. The maximum absolute atomic E-state index is 6.92. The van der Waals surface area contributed by atoms with Crippen LogP contribution in [0.1, 0.15) is 0 Å². The van der Waals surface area contributed by atoms with E-state index in [0.29, 0.717) is 0 Å². The highest BCUT2D eigenvalue weighted by molar-refractivity contribution is 6.18. The van der Waals surface area contributed by atoms with Gasteiger partial charge in [0.25, 0.3) is 0 Å². The molecule has 0 radical (unpaired) electrons. The van der Waals surface area contributed by atoms with Gasteiger partial charge in [0.15, 0.2) is 0 Å². The van der Waals surface area contributed by atoms with Crippen LogP contribution in [0, 0.1) is 0 Å². The summed E-state index contributed by atoms with van der Waals surface area (Å²) in [6.07, 6.45) is 0. The number of nitrogens with zero attached hydrogens (tertiary/aromatic N) is 2. The summed E-state index contributed by atoms with van der Waals surface area (Å²) in [6.45, 7) is 0. The van der Waals surface area contributed by atoms with Gasteiger partial charge in [-0.2, -0.15) is 0 Å². The van der Waals surface area contributed by atoms with E-state index in [1.54, 1.807) is 0 Å². The summed E-state index contributed by atoms with van der Waals surface area (Å²) in [5, 5.41) is 8.72. The van der Waals surface area contributed by atoms with Crippen LogP contribution in [0.2, 0.25) is 0 Å². The van der Waals surface area contributed by atoms with Crippen LogP contribution in [0.25, 0.3) is 76.6 Å². The Kier molecular flexibility index (Phi) is 6.86. The Bertz CT molecular complexity index is 3490. The first-order valence-corrected chi connectivity index (χ1v) is 19.2. The highest BCUT2D eigenvalue weighted by atomic mass is 16.3. The monoisotopic (exact) mass is 732 g/mol. The van der Waals surface area contributed by atoms with Gasteiger partial charge in [-0.3, -0.25) is 0 Å². The van der Waals surface area contributed by atoms with E-state index in [1.165, 1.54) is 0 Å². The molecule has 0 amide bonds. The van der Waals surface area contributed by atoms with Crippen molar-refractivity contribution in [2.75, 3.05) is 9.80 Å². The number of hydrogen-bond donors (Lipinski definition) is 0. The third-order valence-corrected chi connectivity index (χ3v) is 11.2. The van der Waals surface area contributed by atoms with Crippen LogP contribution in [0.3, 0.4) is 0 Å². The van der Waals surface area contributed by atoms with Crippen molar-refractivity contribution in [2.45, 2.75) is 0 Å². The molecule has 12 aromatic rings. The third kappa shape index (κ3) is 5.03. The number of furan rings is 3. The standard InChI is InChI=1S/C52H32N2O3/c1-3-15-35(16-4-1)53(37-23-25-42-40-19-9-11-21-46(40)55-49(42)30-37)39-29-45(52-44-27-33-13-7-8-14-34(33)28-48(44)57-51(52)32-39)54(36-17-5-2-6-18-36)38-24-26-43-41-20-10-12-22-47(41)56-50(43)31-38/h1-32H. The molecule has 0 spiro atoms. The topological polar surface area (TPSA) is 45.9 Å². The first kappa shape index (κ1) is 31.6. The van der Waals surface area contributed by atoms with Gasteiger partial charge in [-0.05, 0) is 89.6 Å². The van der Waals surface area contributed by atoms with Gasteiger partial charge in [0.1, 0.15) is 33.5 Å². The van der Waals surface area contributed by atoms with Crippen molar-refractivity contribution in [1.29, 1.82) is 0 Å². The van der Waals surface area contributed by atoms with Gasteiger partial charge in [-0.15, -0.1) is 0 Å². The first-order valence-electron chi connectivity index (χ1n) is 19.2. The van der Waals surface area contributed by atoms with E-state index in [4.69, 9.17) is 13.3 Å². The second-order valence-corrected chi connectivity index (χ2v) is 14.5. The molecule has 12 rings (SSSR count). The van der Waals surface area contributed by atoms with Crippen LogP contribution < -0.4 is 9.80 Å². The fourth-order valence-electron chi connectivity index (χ4n) is 8.60. The van der Waals surface area contributed by atoms with Gasteiger partial charge in [0.05, 0.1) is 16.8 Å². The predicted octanol–water partition coefficient (Wildman–Crippen LogP) is 15.5. The smallest absolute Gasteiger partial charge is 0.139 e. The van der Waals surface area contributed by atoms with Crippen molar-refractivity contribution in [3.63, 3.8) is 0 Å². The molecule has 0 bridgehead atoms. The second-order valence-electron chi connectivity index (χ2n) is 14.5. The van der Waals surface area contributed by atoms with E-state index in [1.807, 2.05) is 30.3 Å². The molecule has 3 heterocycles. The molecule has 0 aliphatic heterocycles. The quantitative estimate of drug-likeness (QED) is 0.170. The van der Waals surface area contributed by atoms with Crippen LogP contribution in [0.15, 0.2) is 207 Å². The molecule has 0 aliphatic rings. The SMILES string of the molecule is c1ccc(N(c2ccc3c(c2)oc2ccccc23)c2cc(N(c3ccccc3)c3ccc4c(c3)oc3ccccc34)c3c(c2)oc2cc4ccccc4cc23)cc1. The Hall–Kier alpha value is -7.76. The van der Waals surface area contributed by atoms with Gasteiger partial charge in [0.2, 0.25) is 0 Å². The van der Waals surface area contributed by atoms with E-state index < -0.39 is 0 Å². The summed E-state index contributed by atoms with van der Waals surface area (Å²) in [5.41, 5.74) is 10.9. The van der Waals surface area contributed by atoms with E-state index in [2.05, 4.69) is 174 Å². The van der Waals surface area contributed by atoms with E-state index in [-0.39, 0.29) is 0 Å². The summed E-state index contributed by atoms with van der Waals surface area (Å²) >= 11 is 0. The zero-order valence-corrected chi connectivity index (χ0v) is 30.6. The van der Waals surface area contributed by atoms with Crippen molar-refractivity contribution >= 4 is 111 Å². The minimum absolute atomic E-state index is 0.782. The summed E-state index contributed by atoms with van der Waals surface area (Å²) in [4.78, 5) is 4.61. The van der Waals surface area contributed by atoms with Crippen molar-refractivity contribution in [3.05, 3.63) is 194 Å². The molecule has 0 saturated heterocycles. The van der Waals surface area contributed by atoms with Crippen molar-refractivity contribution < 1.29 is 13.3 Å². The molecule has 0 atom stereocenters. The average molecular weight is 733 g/mol. The lowest BCUT2D eigenvalue weighted by atomic mass is 10.0. The maximum Gasteiger partial charge on any atom is 0.139 e. The number of anilines is 6. The average Bonchev–Trinajstić information content (AvgIpc) is 3.94. The lowest BCUT2D eigenvalue weighted by molar-refractivity contribution is 0.668. The van der Waals surface area contributed by atoms with E-state index in [9.17, 15) is 0 Å². The lowest BCUT2D eigenvalue weighted by Gasteiger charge is -2.30. The van der Waals surface area contributed by atoms with Gasteiger partial charge in [0, 0.05) is 67.9 Å². The van der Waals surface area contributed by atoms with Crippen molar-refractivity contribution in [3.8, 4) is 0 Å².